The molecule has 31 heavy (non-hydrogen) atoms. The third-order valence-corrected chi connectivity index (χ3v) is 7.05. The zero-order valence-electron chi connectivity index (χ0n) is 19.6. The number of fused-ring (bicyclic) bond motifs is 1. The quantitative estimate of drug-likeness (QED) is 0.523. The van der Waals surface area contributed by atoms with Crippen molar-refractivity contribution in [3.05, 3.63) is 59.5 Å². The van der Waals surface area contributed by atoms with E-state index in [-0.39, 0.29) is 5.54 Å². The van der Waals surface area contributed by atoms with Crippen LogP contribution in [-0.4, -0.2) is 51.5 Å². The SMILES string of the molecule is CCCCc1nc2cc(CN3CCC(c4ccccc4)(N(C)C)CC3)cnc2n1CC. The van der Waals surface area contributed by atoms with Gasteiger partial charge in [-0.2, -0.15) is 0 Å². The first-order chi connectivity index (χ1) is 15.1. The predicted octanol–water partition coefficient (Wildman–Crippen LogP) is 4.85. The monoisotopic (exact) mass is 419 g/mol. The lowest BCUT2D eigenvalue weighted by molar-refractivity contribution is 0.0507. The first kappa shape index (κ1) is 22.0. The van der Waals surface area contributed by atoms with Crippen LogP contribution >= 0.6 is 0 Å². The summed E-state index contributed by atoms with van der Waals surface area (Å²) in [6.45, 7) is 8.48. The molecular weight excluding hydrogens is 382 g/mol. The predicted molar refractivity (Wildman–Crippen MR) is 128 cm³/mol. The molecule has 3 heterocycles. The molecule has 2 aromatic heterocycles. The van der Waals surface area contributed by atoms with Gasteiger partial charge in [-0.05, 0) is 57.5 Å². The number of aryl methyl sites for hydroxylation is 2. The minimum Gasteiger partial charge on any atom is -0.313 e. The summed E-state index contributed by atoms with van der Waals surface area (Å²) in [5.74, 6) is 1.18. The van der Waals surface area contributed by atoms with E-state index in [1.54, 1.807) is 0 Å². The molecule has 1 aliphatic rings. The highest BCUT2D eigenvalue weighted by atomic mass is 15.2. The summed E-state index contributed by atoms with van der Waals surface area (Å²) in [5.41, 5.74) is 4.93. The van der Waals surface area contributed by atoms with E-state index < -0.39 is 0 Å². The van der Waals surface area contributed by atoms with Crippen molar-refractivity contribution in [2.24, 2.45) is 0 Å². The van der Waals surface area contributed by atoms with Crippen LogP contribution in [0.3, 0.4) is 0 Å². The van der Waals surface area contributed by atoms with E-state index >= 15 is 0 Å². The lowest BCUT2D eigenvalue weighted by Gasteiger charge is -2.46. The maximum atomic E-state index is 4.94. The van der Waals surface area contributed by atoms with Gasteiger partial charge in [-0.15, -0.1) is 0 Å². The molecule has 166 valence electrons. The van der Waals surface area contributed by atoms with Gasteiger partial charge in [0.1, 0.15) is 11.3 Å². The van der Waals surface area contributed by atoms with Crippen LogP contribution in [0.4, 0.5) is 0 Å². The molecule has 5 heteroatoms. The van der Waals surface area contributed by atoms with Crippen LogP contribution in [0.25, 0.3) is 11.2 Å². The smallest absolute Gasteiger partial charge is 0.159 e. The second-order valence-electron chi connectivity index (χ2n) is 9.13. The average molecular weight is 420 g/mol. The van der Waals surface area contributed by atoms with E-state index in [1.807, 2.05) is 0 Å². The van der Waals surface area contributed by atoms with Gasteiger partial charge in [-0.3, -0.25) is 9.80 Å². The van der Waals surface area contributed by atoms with Crippen LogP contribution in [0.15, 0.2) is 42.6 Å². The van der Waals surface area contributed by atoms with Gasteiger partial charge >= 0.3 is 0 Å². The molecular formula is C26H37N5. The molecule has 3 aromatic rings. The molecule has 0 unspecified atom stereocenters. The van der Waals surface area contributed by atoms with Crippen LogP contribution in [0.5, 0.6) is 0 Å². The van der Waals surface area contributed by atoms with Gasteiger partial charge < -0.3 is 4.57 Å². The van der Waals surface area contributed by atoms with Gasteiger partial charge in [0.25, 0.3) is 0 Å². The van der Waals surface area contributed by atoms with Gasteiger partial charge in [0.15, 0.2) is 5.65 Å². The minimum absolute atomic E-state index is 0.133. The van der Waals surface area contributed by atoms with Crippen molar-refractivity contribution in [2.45, 2.75) is 64.6 Å². The number of nitrogens with zero attached hydrogens (tertiary/aromatic N) is 5. The Morgan fingerprint density at radius 3 is 2.45 bits per heavy atom. The Hall–Kier alpha value is -2.24. The first-order valence-corrected chi connectivity index (χ1v) is 11.9. The maximum absolute atomic E-state index is 4.94. The summed E-state index contributed by atoms with van der Waals surface area (Å²) in [6.07, 6.45) is 7.76. The van der Waals surface area contributed by atoms with Crippen molar-refractivity contribution < 1.29 is 0 Å². The zero-order valence-corrected chi connectivity index (χ0v) is 19.6. The Balaban J connectivity index is 1.48. The Morgan fingerprint density at radius 1 is 1.06 bits per heavy atom. The zero-order chi connectivity index (χ0) is 21.8. The maximum Gasteiger partial charge on any atom is 0.159 e. The van der Waals surface area contributed by atoms with Gasteiger partial charge in [-0.25, -0.2) is 9.97 Å². The fraction of sp³-hybridized carbons (Fsp3) is 0.538. The number of piperidine rings is 1. The van der Waals surface area contributed by atoms with E-state index in [2.05, 4.69) is 84.9 Å². The topological polar surface area (TPSA) is 37.2 Å². The van der Waals surface area contributed by atoms with E-state index in [0.29, 0.717) is 0 Å². The summed E-state index contributed by atoms with van der Waals surface area (Å²) in [7, 11) is 4.45. The third kappa shape index (κ3) is 4.39. The van der Waals surface area contributed by atoms with E-state index in [9.17, 15) is 0 Å². The Morgan fingerprint density at radius 2 is 1.81 bits per heavy atom. The lowest BCUT2D eigenvalue weighted by Crippen LogP contribution is -2.50. The molecule has 1 saturated heterocycles. The average Bonchev–Trinajstić information content (AvgIpc) is 3.15. The molecule has 4 rings (SSSR count). The molecule has 0 atom stereocenters. The van der Waals surface area contributed by atoms with Crippen molar-refractivity contribution in [3.63, 3.8) is 0 Å². The third-order valence-electron chi connectivity index (χ3n) is 7.05. The van der Waals surface area contributed by atoms with Crippen LogP contribution in [0.2, 0.25) is 0 Å². The molecule has 5 nitrogen and oxygen atoms in total. The van der Waals surface area contributed by atoms with E-state index in [0.717, 1.165) is 56.6 Å². The molecule has 0 bridgehead atoms. The molecule has 0 amide bonds. The lowest BCUT2D eigenvalue weighted by atomic mass is 9.79. The van der Waals surface area contributed by atoms with Gasteiger partial charge in [-0.1, -0.05) is 43.7 Å². The number of likely N-dealkylation sites (tertiary alicyclic amines) is 1. The summed E-state index contributed by atoms with van der Waals surface area (Å²) in [5, 5.41) is 0. The van der Waals surface area contributed by atoms with Crippen LogP contribution in [0, 0.1) is 0 Å². The highest BCUT2D eigenvalue weighted by Gasteiger charge is 2.38. The highest BCUT2D eigenvalue weighted by molar-refractivity contribution is 5.72. The summed E-state index contributed by atoms with van der Waals surface area (Å²) in [4.78, 5) is 14.7. The van der Waals surface area contributed by atoms with Crippen LogP contribution in [-0.2, 0) is 25.0 Å². The second kappa shape index (κ2) is 9.49. The van der Waals surface area contributed by atoms with Gasteiger partial charge in [0.2, 0.25) is 0 Å². The van der Waals surface area contributed by atoms with E-state index in [4.69, 9.17) is 9.97 Å². The van der Waals surface area contributed by atoms with Crippen molar-refractivity contribution >= 4 is 11.2 Å². The fourth-order valence-corrected chi connectivity index (χ4v) is 5.13. The number of aromatic nitrogens is 3. The molecule has 1 aromatic carbocycles. The molecule has 1 aliphatic heterocycles. The normalized spacial score (nSPS) is 16.9. The van der Waals surface area contributed by atoms with E-state index in [1.165, 1.54) is 29.8 Å². The molecule has 1 fully saturated rings. The Kier molecular flexibility index (Phi) is 6.73. The second-order valence-corrected chi connectivity index (χ2v) is 9.13. The first-order valence-electron chi connectivity index (χ1n) is 11.9. The number of unbranched alkanes of at least 4 members (excludes halogenated alkanes) is 1. The number of hydrogen-bond donors (Lipinski definition) is 0. The molecule has 0 aliphatic carbocycles. The largest absolute Gasteiger partial charge is 0.313 e. The summed E-state index contributed by atoms with van der Waals surface area (Å²) in [6, 6.07) is 13.3. The summed E-state index contributed by atoms with van der Waals surface area (Å²) >= 11 is 0. The fourth-order valence-electron chi connectivity index (χ4n) is 5.13. The molecule has 0 N–H and O–H groups in total. The number of imidazole rings is 1. The van der Waals surface area contributed by atoms with Crippen molar-refractivity contribution in [1.82, 2.24) is 24.3 Å². The number of pyridine rings is 1. The molecule has 0 radical (unpaired) electrons. The molecule has 0 saturated carbocycles. The van der Waals surface area contributed by atoms with Crippen LogP contribution < -0.4 is 0 Å². The van der Waals surface area contributed by atoms with Gasteiger partial charge in [0, 0.05) is 44.3 Å². The number of rotatable bonds is 8. The van der Waals surface area contributed by atoms with Crippen molar-refractivity contribution in [3.8, 4) is 0 Å². The number of benzene rings is 1. The minimum atomic E-state index is 0.133. The van der Waals surface area contributed by atoms with Gasteiger partial charge in [0.05, 0.1) is 0 Å². The highest BCUT2D eigenvalue weighted by Crippen LogP contribution is 2.37. The van der Waals surface area contributed by atoms with Crippen molar-refractivity contribution in [2.75, 3.05) is 27.2 Å². The summed E-state index contributed by atoms with van der Waals surface area (Å²) < 4.78 is 2.28. The standard InChI is InChI=1S/C26H37N5/c1-5-7-13-24-28-23-18-21(19-27-25(23)31(24)6-2)20-30-16-14-26(15-17-30,29(3)4)22-11-9-8-10-12-22/h8-12,18-19H,5-7,13-17,20H2,1-4H3. The van der Waals surface area contributed by atoms with Crippen LogP contribution in [0.1, 0.15) is 56.5 Å². The molecule has 0 spiro atoms. The Bertz CT molecular complexity index is 984. The number of hydrogen-bond acceptors (Lipinski definition) is 4. The van der Waals surface area contributed by atoms with Crippen molar-refractivity contribution in [1.29, 1.82) is 0 Å². The Labute approximate surface area is 187 Å².